The molecular weight excluding hydrogens is 280 g/mol. The van der Waals surface area contributed by atoms with Crippen LogP contribution in [-0.4, -0.2) is 22.6 Å². The van der Waals surface area contributed by atoms with Gasteiger partial charge in [-0.15, -0.1) is 0 Å². The Morgan fingerprint density at radius 1 is 1.23 bits per heavy atom. The van der Waals surface area contributed by atoms with Crippen molar-refractivity contribution in [3.63, 3.8) is 0 Å². The number of nitrogens with zero attached hydrogens (tertiary/aromatic N) is 4. The van der Waals surface area contributed by atoms with Crippen molar-refractivity contribution in [2.75, 3.05) is 18.0 Å². The third-order valence-electron chi connectivity index (χ3n) is 4.17. The molecule has 2 heterocycles. The van der Waals surface area contributed by atoms with Gasteiger partial charge in [0.2, 0.25) is 0 Å². The fourth-order valence-corrected chi connectivity index (χ4v) is 3.00. The molecule has 0 spiro atoms. The number of anilines is 1. The molecule has 0 aliphatic carbocycles. The van der Waals surface area contributed by atoms with Gasteiger partial charge in [-0.2, -0.15) is 5.26 Å². The van der Waals surface area contributed by atoms with Crippen molar-refractivity contribution in [1.82, 2.24) is 4.57 Å². The van der Waals surface area contributed by atoms with Crippen LogP contribution in [0.15, 0.2) is 42.7 Å². The number of hydrogen-bond donors (Lipinski definition) is 0. The molecule has 1 saturated heterocycles. The van der Waals surface area contributed by atoms with Crippen LogP contribution in [0.2, 0.25) is 0 Å². The molecule has 0 amide bonds. The number of aromatic nitrogens is 1. The number of benzene rings is 1. The Balaban J connectivity index is 1.76. The van der Waals surface area contributed by atoms with E-state index in [0.717, 1.165) is 31.6 Å². The molecule has 6 heteroatoms. The van der Waals surface area contributed by atoms with Crippen LogP contribution in [0.25, 0.3) is 0 Å². The molecule has 0 bridgehead atoms. The zero-order valence-corrected chi connectivity index (χ0v) is 12.1. The van der Waals surface area contributed by atoms with E-state index in [-0.39, 0.29) is 5.69 Å². The molecule has 1 aliphatic heterocycles. The first-order valence-electron chi connectivity index (χ1n) is 7.25. The summed E-state index contributed by atoms with van der Waals surface area (Å²) in [6.45, 7) is 1.69. The van der Waals surface area contributed by atoms with Gasteiger partial charge in [0.25, 0.3) is 5.69 Å². The maximum atomic E-state index is 10.8. The molecule has 0 radical (unpaired) electrons. The van der Waals surface area contributed by atoms with E-state index in [1.807, 2.05) is 12.1 Å². The standard InChI is InChI=1S/C16H16N4O2/c17-12-13-11-15(20(21)22)3-4-16(13)19-9-5-14(6-10-19)18-7-1-2-8-18/h1-4,7-8,11,14H,5-6,9-10H2. The Labute approximate surface area is 128 Å². The fourth-order valence-electron chi connectivity index (χ4n) is 3.00. The van der Waals surface area contributed by atoms with Crippen molar-refractivity contribution in [2.24, 2.45) is 0 Å². The number of non-ortho nitro benzene ring substituents is 1. The molecule has 3 rings (SSSR count). The largest absolute Gasteiger partial charge is 0.370 e. The lowest BCUT2D eigenvalue weighted by Gasteiger charge is -2.34. The van der Waals surface area contributed by atoms with Gasteiger partial charge in [0, 0.05) is 43.7 Å². The minimum absolute atomic E-state index is 0.0393. The molecule has 0 N–H and O–H groups in total. The van der Waals surface area contributed by atoms with Gasteiger partial charge < -0.3 is 9.47 Å². The van der Waals surface area contributed by atoms with Crippen LogP contribution in [0, 0.1) is 21.4 Å². The van der Waals surface area contributed by atoms with Crippen molar-refractivity contribution in [3.05, 3.63) is 58.4 Å². The van der Waals surface area contributed by atoms with E-state index < -0.39 is 4.92 Å². The molecule has 0 atom stereocenters. The van der Waals surface area contributed by atoms with Crippen LogP contribution >= 0.6 is 0 Å². The van der Waals surface area contributed by atoms with Gasteiger partial charge in [0.05, 0.1) is 16.2 Å². The Hall–Kier alpha value is -2.81. The molecule has 1 fully saturated rings. The maximum absolute atomic E-state index is 10.8. The lowest BCUT2D eigenvalue weighted by molar-refractivity contribution is -0.384. The smallest absolute Gasteiger partial charge is 0.270 e. The van der Waals surface area contributed by atoms with Crippen molar-refractivity contribution in [2.45, 2.75) is 18.9 Å². The number of nitriles is 1. The predicted molar refractivity (Wildman–Crippen MR) is 82.7 cm³/mol. The topological polar surface area (TPSA) is 75.1 Å². The molecule has 6 nitrogen and oxygen atoms in total. The molecule has 1 aromatic carbocycles. The van der Waals surface area contributed by atoms with E-state index in [4.69, 9.17) is 0 Å². The minimum atomic E-state index is -0.469. The van der Waals surface area contributed by atoms with Gasteiger partial charge in [-0.1, -0.05) is 0 Å². The summed E-state index contributed by atoms with van der Waals surface area (Å²) < 4.78 is 2.22. The van der Waals surface area contributed by atoms with Crippen LogP contribution in [-0.2, 0) is 0 Å². The monoisotopic (exact) mass is 296 g/mol. The van der Waals surface area contributed by atoms with E-state index in [1.54, 1.807) is 6.07 Å². The van der Waals surface area contributed by atoms with Crippen molar-refractivity contribution < 1.29 is 4.92 Å². The Morgan fingerprint density at radius 3 is 2.50 bits per heavy atom. The second-order valence-electron chi connectivity index (χ2n) is 5.42. The number of piperidine rings is 1. The molecule has 1 aromatic heterocycles. The molecule has 112 valence electrons. The normalized spacial score (nSPS) is 15.5. The predicted octanol–water partition coefficient (Wildman–Crippen LogP) is 3.11. The van der Waals surface area contributed by atoms with E-state index in [0.29, 0.717) is 11.6 Å². The highest BCUT2D eigenvalue weighted by Crippen LogP contribution is 2.30. The molecular formula is C16H16N4O2. The fraction of sp³-hybridized carbons (Fsp3) is 0.312. The zero-order valence-electron chi connectivity index (χ0n) is 12.1. The van der Waals surface area contributed by atoms with Gasteiger partial charge in [-0.05, 0) is 31.0 Å². The first-order chi connectivity index (χ1) is 10.7. The highest BCUT2D eigenvalue weighted by atomic mass is 16.6. The lowest BCUT2D eigenvalue weighted by atomic mass is 10.0. The maximum Gasteiger partial charge on any atom is 0.270 e. The Kier molecular flexibility index (Phi) is 3.79. The second-order valence-corrected chi connectivity index (χ2v) is 5.42. The third kappa shape index (κ3) is 2.66. The summed E-state index contributed by atoms with van der Waals surface area (Å²) in [6, 6.07) is 11.1. The van der Waals surface area contributed by atoms with Gasteiger partial charge in [-0.25, -0.2) is 0 Å². The number of hydrogen-bond acceptors (Lipinski definition) is 4. The summed E-state index contributed by atoms with van der Waals surface area (Å²) in [5.74, 6) is 0. The van der Waals surface area contributed by atoms with Crippen LogP contribution < -0.4 is 4.90 Å². The van der Waals surface area contributed by atoms with Gasteiger partial charge >= 0.3 is 0 Å². The quantitative estimate of drug-likeness (QED) is 0.644. The molecule has 0 saturated carbocycles. The first-order valence-corrected chi connectivity index (χ1v) is 7.25. The lowest BCUT2D eigenvalue weighted by Crippen LogP contribution is -2.34. The summed E-state index contributed by atoms with van der Waals surface area (Å²) in [6.07, 6.45) is 6.15. The summed E-state index contributed by atoms with van der Waals surface area (Å²) in [7, 11) is 0. The summed E-state index contributed by atoms with van der Waals surface area (Å²) in [5.41, 5.74) is 1.12. The van der Waals surface area contributed by atoms with Crippen molar-refractivity contribution in [1.29, 1.82) is 5.26 Å². The summed E-state index contributed by atoms with van der Waals surface area (Å²) >= 11 is 0. The molecule has 1 aliphatic rings. The second kappa shape index (κ2) is 5.90. The van der Waals surface area contributed by atoms with E-state index in [2.05, 4.69) is 27.9 Å². The average molecular weight is 296 g/mol. The van der Waals surface area contributed by atoms with Crippen LogP contribution in [0.4, 0.5) is 11.4 Å². The number of rotatable bonds is 3. The van der Waals surface area contributed by atoms with Gasteiger partial charge in [-0.3, -0.25) is 10.1 Å². The highest BCUT2D eigenvalue weighted by molar-refractivity contribution is 5.63. The SMILES string of the molecule is N#Cc1cc([N+](=O)[O-])ccc1N1CCC(n2cccc2)CC1. The Morgan fingerprint density at radius 2 is 1.91 bits per heavy atom. The number of nitro benzene ring substituents is 1. The van der Waals surface area contributed by atoms with Crippen LogP contribution in [0.5, 0.6) is 0 Å². The van der Waals surface area contributed by atoms with E-state index in [9.17, 15) is 15.4 Å². The molecule has 22 heavy (non-hydrogen) atoms. The van der Waals surface area contributed by atoms with E-state index >= 15 is 0 Å². The first kappa shape index (κ1) is 14.1. The zero-order chi connectivity index (χ0) is 15.5. The minimum Gasteiger partial charge on any atom is -0.370 e. The summed E-state index contributed by atoms with van der Waals surface area (Å²) in [5, 5.41) is 20.1. The van der Waals surface area contributed by atoms with Gasteiger partial charge in [0.1, 0.15) is 6.07 Å². The summed E-state index contributed by atoms with van der Waals surface area (Å²) in [4.78, 5) is 12.5. The van der Waals surface area contributed by atoms with Crippen molar-refractivity contribution in [3.8, 4) is 6.07 Å². The molecule has 2 aromatic rings. The molecule has 0 unspecified atom stereocenters. The average Bonchev–Trinajstić information content (AvgIpc) is 3.09. The highest BCUT2D eigenvalue weighted by Gasteiger charge is 2.22. The third-order valence-corrected chi connectivity index (χ3v) is 4.17. The van der Waals surface area contributed by atoms with Crippen molar-refractivity contribution >= 4 is 11.4 Å². The van der Waals surface area contributed by atoms with E-state index in [1.165, 1.54) is 12.1 Å². The Bertz CT molecular complexity index is 710. The van der Waals surface area contributed by atoms with Crippen LogP contribution in [0.1, 0.15) is 24.4 Å². The van der Waals surface area contributed by atoms with Gasteiger partial charge in [0.15, 0.2) is 0 Å². The van der Waals surface area contributed by atoms with Crippen LogP contribution in [0.3, 0.4) is 0 Å². The number of nitro groups is 1.